The fourth-order valence-electron chi connectivity index (χ4n) is 2.32. The molecule has 0 aliphatic carbocycles. The highest BCUT2D eigenvalue weighted by atomic mass is 16.6. The van der Waals surface area contributed by atoms with Crippen LogP contribution < -0.4 is 10.1 Å². The maximum absolute atomic E-state index is 10.8. The monoisotopic (exact) mass is 280 g/mol. The third kappa shape index (κ3) is 4.09. The normalized spacial score (nSPS) is 18.6. The third-order valence-corrected chi connectivity index (χ3v) is 3.41. The van der Waals surface area contributed by atoms with Crippen molar-refractivity contribution in [1.29, 1.82) is 0 Å². The van der Waals surface area contributed by atoms with Gasteiger partial charge in [-0.05, 0) is 25.7 Å². The molecular formula is C14H20N2O4. The molecule has 1 aromatic carbocycles. The Morgan fingerprint density at radius 2 is 2.30 bits per heavy atom. The van der Waals surface area contributed by atoms with Crippen molar-refractivity contribution in [2.24, 2.45) is 0 Å². The summed E-state index contributed by atoms with van der Waals surface area (Å²) in [5, 5.41) is 14.0. The van der Waals surface area contributed by atoms with Crippen molar-refractivity contribution in [3.8, 4) is 5.75 Å². The molecule has 1 atom stereocenters. The number of anilines is 1. The molecule has 6 nitrogen and oxygen atoms in total. The highest BCUT2D eigenvalue weighted by Crippen LogP contribution is 2.26. The summed E-state index contributed by atoms with van der Waals surface area (Å²) in [6.07, 6.45) is 4.67. The van der Waals surface area contributed by atoms with Crippen molar-refractivity contribution in [1.82, 2.24) is 0 Å². The van der Waals surface area contributed by atoms with Crippen LogP contribution in [0, 0.1) is 10.1 Å². The van der Waals surface area contributed by atoms with Crippen LogP contribution in [0.3, 0.4) is 0 Å². The average molecular weight is 280 g/mol. The lowest BCUT2D eigenvalue weighted by Gasteiger charge is -2.22. The minimum Gasteiger partial charge on any atom is -0.496 e. The largest absolute Gasteiger partial charge is 0.496 e. The predicted molar refractivity (Wildman–Crippen MR) is 76.3 cm³/mol. The molecule has 0 radical (unpaired) electrons. The van der Waals surface area contributed by atoms with Crippen LogP contribution in [0.1, 0.15) is 25.7 Å². The zero-order valence-electron chi connectivity index (χ0n) is 11.6. The number of hydrogen-bond acceptors (Lipinski definition) is 5. The topological polar surface area (TPSA) is 73.6 Å². The summed E-state index contributed by atoms with van der Waals surface area (Å²) >= 11 is 0. The van der Waals surface area contributed by atoms with Crippen LogP contribution in [0.5, 0.6) is 5.75 Å². The maximum atomic E-state index is 10.8. The van der Waals surface area contributed by atoms with Crippen molar-refractivity contribution in [3.05, 3.63) is 28.3 Å². The van der Waals surface area contributed by atoms with Gasteiger partial charge in [0, 0.05) is 31.0 Å². The molecule has 0 bridgehead atoms. The molecule has 1 fully saturated rings. The second kappa shape index (κ2) is 7.09. The lowest BCUT2D eigenvalue weighted by molar-refractivity contribution is -0.384. The SMILES string of the molecule is COc1cc(NCCC2CCCCO2)cc([N+](=O)[O-])c1. The Kier molecular flexibility index (Phi) is 5.17. The van der Waals surface area contributed by atoms with Crippen LogP contribution in [-0.4, -0.2) is 31.3 Å². The van der Waals surface area contributed by atoms with Crippen molar-refractivity contribution in [3.63, 3.8) is 0 Å². The van der Waals surface area contributed by atoms with Gasteiger partial charge in [0.25, 0.3) is 5.69 Å². The molecule has 0 saturated carbocycles. The van der Waals surface area contributed by atoms with Gasteiger partial charge >= 0.3 is 0 Å². The van der Waals surface area contributed by atoms with E-state index in [4.69, 9.17) is 9.47 Å². The summed E-state index contributed by atoms with van der Waals surface area (Å²) in [5.41, 5.74) is 0.729. The summed E-state index contributed by atoms with van der Waals surface area (Å²) in [5.74, 6) is 0.482. The number of nitro groups is 1. The van der Waals surface area contributed by atoms with Crippen molar-refractivity contribution < 1.29 is 14.4 Å². The highest BCUT2D eigenvalue weighted by Gasteiger charge is 2.14. The minimum absolute atomic E-state index is 0.0285. The Hall–Kier alpha value is -1.82. The van der Waals surface area contributed by atoms with E-state index in [2.05, 4.69) is 5.32 Å². The first kappa shape index (κ1) is 14.6. The molecule has 1 aromatic rings. The van der Waals surface area contributed by atoms with Crippen LogP contribution >= 0.6 is 0 Å². The Morgan fingerprint density at radius 3 is 2.95 bits per heavy atom. The molecule has 2 rings (SSSR count). The summed E-state index contributed by atoms with van der Waals surface area (Å²) < 4.78 is 10.7. The lowest BCUT2D eigenvalue weighted by Crippen LogP contribution is -2.22. The zero-order valence-corrected chi connectivity index (χ0v) is 11.6. The number of nitrogens with one attached hydrogen (secondary N) is 1. The second-order valence-electron chi connectivity index (χ2n) is 4.88. The molecule has 1 aliphatic heterocycles. The quantitative estimate of drug-likeness (QED) is 0.640. The van der Waals surface area contributed by atoms with Crippen molar-refractivity contribution in [2.75, 3.05) is 25.6 Å². The van der Waals surface area contributed by atoms with E-state index in [1.54, 1.807) is 6.07 Å². The molecule has 20 heavy (non-hydrogen) atoms. The Labute approximate surface area is 118 Å². The third-order valence-electron chi connectivity index (χ3n) is 3.41. The lowest BCUT2D eigenvalue weighted by atomic mass is 10.1. The van der Waals surface area contributed by atoms with Gasteiger partial charge < -0.3 is 14.8 Å². The van der Waals surface area contributed by atoms with Crippen LogP contribution in [-0.2, 0) is 4.74 Å². The van der Waals surface area contributed by atoms with Gasteiger partial charge in [-0.15, -0.1) is 0 Å². The predicted octanol–water partition coefficient (Wildman–Crippen LogP) is 2.97. The van der Waals surface area contributed by atoms with Crippen LogP contribution in [0.25, 0.3) is 0 Å². The zero-order chi connectivity index (χ0) is 14.4. The van der Waals surface area contributed by atoms with Gasteiger partial charge in [0.2, 0.25) is 0 Å². The molecular weight excluding hydrogens is 260 g/mol. The molecule has 6 heteroatoms. The van der Waals surface area contributed by atoms with E-state index in [1.807, 2.05) is 0 Å². The summed E-state index contributed by atoms with van der Waals surface area (Å²) in [7, 11) is 1.50. The number of rotatable bonds is 6. The molecule has 110 valence electrons. The Bertz CT molecular complexity index is 458. The number of nitrogens with zero attached hydrogens (tertiary/aromatic N) is 1. The molecule has 1 aliphatic rings. The number of non-ortho nitro benzene ring substituents is 1. The van der Waals surface area contributed by atoms with E-state index in [0.717, 1.165) is 32.4 Å². The maximum Gasteiger partial charge on any atom is 0.275 e. The molecule has 1 saturated heterocycles. The number of nitro benzene ring substituents is 1. The molecule has 0 amide bonds. The van der Waals surface area contributed by atoms with Crippen LogP contribution in [0.2, 0.25) is 0 Å². The van der Waals surface area contributed by atoms with Crippen molar-refractivity contribution >= 4 is 11.4 Å². The number of benzene rings is 1. The van der Waals surface area contributed by atoms with Gasteiger partial charge in [0.05, 0.1) is 24.2 Å². The second-order valence-corrected chi connectivity index (χ2v) is 4.88. The molecule has 0 spiro atoms. The number of ether oxygens (including phenoxy) is 2. The van der Waals surface area contributed by atoms with Gasteiger partial charge in [-0.25, -0.2) is 0 Å². The van der Waals surface area contributed by atoms with Crippen LogP contribution in [0.15, 0.2) is 18.2 Å². The fourth-order valence-corrected chi connectivity index (χ4v) is 2.32. The van der Waals surface area contributed by atoms with E-state index in [1.165, 1.54) is 25.7 Å². The molecule has 1 heterocycles. The molecule has 1 N–H and O–H groups in total. The van der Waals surface area contributed by atoms with Crippen LogP contribution in [0.4, 0.5) is 11.4 Å². The fraction of sp³-hybridized carbons (Fsp3) is 0.571. The number of methoxy groups -OCH3 is 1. The van der Waals surface area contributed by atoms with Crippen molar-refractivity contribution in [2.45, 2.75) is 31.8 Å². The first-order valence-corrected chi connectivity index (χ1v) is 6.88. The first-order chi connectivity index (χ1) is 9.69. The molecule has 1 unspecified atom stereocenters. The van der Waals surface area contributed by atoms with E-state index < -0.39 is 4.92 Å². The van der Waals surface area contributed by atoms with E-state index >= 15 is 0 Å². The smallest absolute Gasteiger partial charge is 0.275 e. The minimum atomic E-state index is -0.419. The number of hydrogen-bond donors (Lipinski definition) is 1. The Morgan fingerprint density at radius 1 is 1.45 bits per heavy atom. The summed E-state index contributed by atoms with van der Waals surface area (Å²) in [6, 6.07) is 4.69. The van der Waals surface area contributed by atoms with Gasteiger partial charge in [0.1, 0.15) is 5.75 Å². The summed E-state index contributed by atoms with van der Waals surface area (Å²) in [4.78, 5) is 10.4. The standard InChI is InChI=1S/C14H20N2O4/c1-19-14-9-11(8-12(10-14)16(17)18)15-6-5-13-4-2-3-7-20-13/h8-10,13,15H,2-7H2,1H3. The first-order valence-electron chi connectivity index (χ1n) is 6.88. The van der Waals surface area contributed by atoms with E-state index in [-0.39, 0.29) is 5.69 Å². The Balaban J connectivity index is 1.91. The van der Waals surface area contributed by atoms with Gasteiger partial charge in [-0.1, -0.05) is 0 Å². The summed E-state index contributed by atoms with van der Waals surface area (Å²) in [6.45, 7) is 1.57. The van der Waals surface area contributed by atoms with E-state index in [9.17, 15) is 10.1 Å². The van der Waals surface area contributed by atoms with Gasteiger partial charge in [-0.3, -0.25) is 10.1 Å². The van der Waals surface area contributed by atoms with Gasteiger partial charge in [0.15, 0.2) is 0 Å². The molecule has 0 aromatic heterocycles. The van der Waals surface area contributed by atoms with E-state index in [0.29, 0.717) is 17.5 Å². The highest BCUT2D eigenvalue weighted by molar-refractivity contribution is 5.56. The van der Waals surface area contributed by atoms with Gasteiger partial charge in [-0.2, -0.15) is 0 Å². The average Bonchev–Trinajstić information content (AvgIpc) is 2.48.